The minimum absolute atomic E-state index is 0.0139. The number of hydrogen-bond donors (Lipinski definition) is 2. The second-order valence-electron chi connectivity index (χ2n) is 1.96. The van der Waals surface area contributed by atoms with Crippen molar-refractivity contribution in [2.75, 3.05) is 13.2 Å². The molecule has 0 radical (unpaired) electrons. The first kappa shape index (κ1) is 8.59. The van der Waals surface area contributed by atoms with Crippen molar-refractivity contribution in [3.8, 4) is 0 Å². The molecule has 0 aliphatic heterocycles. The second kappa shape index (κ2) is 3.58. The molecule has 3 heteroatoms. The molecule has 9 heavy (non-hydrogen) atoms. The molecule has 0 saturated carbocycles. The molecule has 0 atom stereocenters. The van der Waals surface area contributed by atoms with Gasteiger partial charge in [0.15, 0.2) is 5.67 Å². The first-order valence-electron chi connectivity index (χ1n) is 2.70. The maximum atomic E-state index is 12.7. The van der Waals surface area contributed by atoms with E-state index in [1.807, 2.05) is 0 Å². The van der Waals surface area contributed by atoms with E-state index in [-0.39, 0.29) is 6.42 Å². The number of aliphatic hydroxyl groups excluding tert-OH is 2. The molecule has 0 aliphatic rings. The smallest absolute Gasteiger partial charge is 0.160 e. The fourth-order valence-corrected chi connectivity index (χ4v) is 0.438. The lowest BCUT2D eigenvalue weighted by atomic mass is 10.1. The van der Waals surface area contributed by atoms with Crippen LogP contribution in [0.1, 0.15) is 6.42 Å². The van der Waals surface area contributed by atoms with E-state index < -0.39 is 18.9 Å². The van der Waals surface area contributed by atoms with Crippen molar-refractivity contribution >= 4 is 0 Å². The summed E-state index contributed by atoms with van der Waals surface area (Å²) < 4.78 is 12.7. The monoisotopic (exact) mass is 134 g/mol. The van der Waals surface area contributed by atoms with E-state index in [0.29, 0.717) is 0 Å². The van der Waals surface area contributed by atoms with Crippen molar-refractivity contribution in [2.45, 2.75) is 12.1 Å². The third-order valence-corrected chi connectivity index (χ3v) is 1.08. The Balaban J connectivity index is 3.75. The van der Waals surface area contributed by atoms with Gasteiger partial charge in [0, 0.05) is 6.42 Å². The molecular formula is C6H11FO2. The predicted octanol–water partition coefficient (Wildman–Crippen LogP) is 0.255. The van der Waals surface area contributed by atoms with Crippen molar-refractivity contribution in [1.29, 1.82) is 0 Å². The number of rotatable bonds is 4. The van der Waals surface area contributed by atoms with Crippen LogP contribution in [0.5, 0.6) is 0 Å². The largest absolute Gasteiger partial charge is 0.393 e. The van der Waals surface area contributed by atoms with E-state index in [0.717, 1.165) is 0 Å². The highest BCUT2D eigenvalue weighted by Gasteiger charge is 2.25. The zero-order chi connectivity index (χ0) is 7.33. The van der Waals surface area contributed by atoms with E-state index in [1.165, 1.54) is 6.08 Å². The summed E-state index contributed by atoms with van der Waals surface area (Å²) in [5.41, 5.74) is -1.87. The summed E-state index contributed by atoms with van der Waals surface area (Å²) in [6.07, 6.45) is 1.31. The summed E-state index contributed by atoms with van der Waals surface area (Å²) in [5, 5.41) is 16.7. The average Bonchev–Trinajstić information content (AvgIpc) is 1.89. The minimum atomic E-state index is -1.87. The zero-order valence-corrected chi connectivity index (χ0v) is 5.18. The molecule has 54 valence electrons. The molecule has 2 nitrogen and oxygen atoms in total. The Bertz CT molecular complexity index is 89.1. The van der Waals surface area contributed by atoms with Gasteiger partial charge in [-0.1, -0.05) is 6.08 Å². The molecule has 0 aromatic rings. The van der Waals surface area contributed by atoms with Crippen LogP contribution in [0.3, 0.4) is 0 Å². The number of allylic oxidation sites excluding steroid dienone is 1. The van der Waals surface area contributed by atoms with Crippen molar-refractivity contribution in [3.05, 3.63) is 12.7 Å². The number of hydrogen-bond acceptors (Lipinski definition) is 2. The van der Waals surface area contributed by atoms with Crippen LogP contribution in [0.4, 0.5) is 4.39 Å². The number of alkyl halides is 1. The van der Waals surface area contributed by atoms with E-state index in [1.54, 1.807) is 0 Å². The summed E-state index contributed by atoms with van der Waals surface area (Å²) in [6, 6.07) is 0. The van der Waals surface area contributed by atoms with Crippen molar-refractivity contribution in [2.24, 2.45) is 0 Å². The van der Waals surface area contributed by atoms with Gasteiger partial charge in [-0.3, -0.25) is 0 Å². The molecule has 0 heterocycles. The highest BCUT2D eigenvalue weighted by Crippen LogP contribution is 2.13. The van der Waals surface area contributed by atoms with Crippen LogP contribution in [-0.4, -0.2) is 29.1 Å². The van der Waals surface area contributed by atoms with Gasteiger partial charge in [-0.2, -0.15) is 0 Å². The third-order valence-electron chi connectivity index (χ3n) is 1.08. The molecule has 0 unspecified atom stereocenters. The number of halogens is 1. The Morgan fingerprint density at radius 2 is 1.89 bits per heavy atom. The van der Waals surface area contributed by atoms with Gasteiger partial charge in [-0.05, 0) is 0 Å². The lowest BCUT2D eigenvalue weighted by Crippen LogP contribution is -2.31. The maximum absolute atomic E-state index is 12.7. The Kier molecular flexibility index (Phi) is 3.42. The standard InChI is InChI=1S/C6H11FO2/c1-2-3-6(7,4-8)5-9/h2,8-9H,1,3-5H2. The fraction of sp³-hybridized carbons (Fsp3) is 0.667. The van der Waals surface area contributed by atoms with E-state index in [9.17, 15) is 4.39 Å². The zero-order valence-electron chi connectivity index (χ0n) is 5.18. The first-order valence-corrected chi connectivity index (χ1v) is 2.70. The van der Waals surface area contributed by atoms with Gasteiger partial charge in [-0.15, -0.1) is 6.58 Å². The topological polar surface area (TPSA) is 40.5 Å². The average molecular weight is 134 g/mol. The van der Waals surface area contributed by atoms with Crippen LogP contribution >= 0.6 is 0 Å². The van der Waals surface area contributed by atoms with Gasteiger partial charge < -0.3 is 10.2 Å². The summed E-state index contributed by atoms with van der Waals surface area (Å²) in [6.45, 7) is 1.96. The van der Waals surface area contributed by atoms with Gasteiger partial charge in [0.2, 0.25) is 0 Å². The molecule has 0 fully saturated rings. The summed E-state index contributed by atoms with van der Waals surface area (Å²) in [5.74, 6) is 0. The van der Waals surface area contributed by atoms with Gasteiger partial charge >= 0.3 is 0 Å². The lowest BCUT2D eigenvalue weighted by Gasteiger charge is -2.16. The van der Waals surface area contributed by atoms with Crippen molar-refractivity contribution in [3.63, 3.8) is 0 Å². The van der Waals surface area contributed by atoms with Crippen molar-refractivity contribution in [1.82, 2.24) is 0 Å². The van der Waals surface area contributed by atoms with Gasteiger partial charge in [0.1, 0.15) is 0 Å². The van der Waals surface area contributed by atoms with Crippen LogP contribution in [-0.2, 0) is 0 Å². The van der Waals surface area contributed by atoms with Gasteiger partial charge in [0.05, 0.1) is 13.2 Å². The maximum Gasteiger partial charge on any atom is 0.160 e. The number of aliphatic hydroxyl groups is 2. The SMILES string of the molecule is C=CCC(F)(CO)CO. The highest BCUT2D eigenvalue weighted by molar-refractivity contribution is 4.85. The summed E-state index contributed by atoms with van der Waals surface area (Å²) in [7, 11) is 0. The van der Waals surface area contributed by atoms with Crippen LogP contribution < -0.4 is 0 Å². The van der Waals surface area contributed by atoms with E-state index in [4.69, 9.17) is 10.2 Å². The van der Waals surface area contributed by atoms with Crippen LogP contribution in [0.15, 0.2) is 12.7 Å². The molecule has 0 rings (SSSR count). The molecule has 2 N–H and O–H groups in total. The molecule has 0 saturated heterocycles. The molecular weight excluding hydrogens is 123 g/mol. The highest BCUT2D eigenvalue weighted by atomic mass is 19.1. The van der Waals surface area contributed by atoms with Crippen LogP contribution in [0.2, 0.25) is 0 Å². The molecule has 0 aromatic heterocycles. The third kappa shape index (κ3) is 2.58. The Hall–Kier alpha value is -0.410. The van der Waals surface area contributed by atoms with Crippen LogP contribution in [0, 0.1) is 0 Å². The Morgan fingerprint density at radius 3 is 2.00 bits per heavy atom. The van der Waals surface area contributed by atoms with Crippen molar-refractivity contribution < 1.29 is 14.6 Å². The Labute approximate surface area is 53.6 Å². The van der Waals surface area contributed by atoms with E-state index in [2.05, 4.69) is 6.58 Å². The summed E-state index contributed by atoms with van der Waals surface area (Å²) in [4.78, 5) is 0. The lowest BCUT2D eigenvalue weighted by molar-refractivity contribution is 0.0187. The quantitative estimate of drug-likeness (QED) is 0.541. The summed E-state index contributed by atoms with van der Waals surface area (Å²) >= 11 is 0. The van der Waals surface area contributed by atoms with Crippen LogP contribution in [0.25, 0.3) is 0 Å². The molecule has 0 aromatic carbocycles. The fourth-order valence-electron chi connectivity index (χ4n) is 0.438. The van der Waals surface area contributed by atoms with E-state index >= 15 is 0 Å². The molecule has 0 aliphatic carbocycles. The first-order chi connectivity index (χ1) is 4.18. The predicted molar refractivity (Wildman–Crippen MR) is 32.8 cm³/mol. The molecule has 0 bridgehead atoms. The molecule has 0 amide bonds. The second-order valence-corrected chi connectivity index (χ2v) is 1.96. The minimum Gasteiger partial charge on any atom is -0.393 e. The Morgan fingerprint density at radius 1 is 1.44 bits per heavy atom. The van der Waals surface area contributed by atoms with Gasteiger partial charge in [-0.25, -0.2) is 4.39 Å². The molecule has 0 spiro atoms. The normalized spacial score (nSPS) is 11.4. The van der Waals surface area contributed by atoms with Gasteiger partial charge in [0.25, 0.3) is 0 Å².